The predicted octanol–water partition coefficient (Wildman–Crippen LogP) is 1.42. The van der Waals surface area contributed by atoms with Crippen molar-refractivity contribution in [3.05, 3.63) is 0 Å². The van der Waals surface area contributed by atoms with E-state index in [-0.39, 0.29) is 6.04 Å². The SMILES string of the molecule is CCCCC1NCN(C(C)CN2CCCC2)C1=O. The number of nitrogens with zero attached hydrogens (tertiary/aromatic N) is 2. The minimum Gasteiger partial charge on any atom is -0.325 e. The second kappa shape index (κ2) is 6.53. The molecule has 0 radical (unpaired) electrons. The van der Waals surface area contributed by atoms with Gasteiger partial charge in [0.05, 0.1) is 12.7 Å². The summed E-state index contributed by atoms with van der Waals surface area (Å²) >= 11 is 0. The molecule has 0 aromatic heterocycles. The highest BCUT2D eigenvalue weighted by Crippen LogP contribution is 2.15. The van der Waals surface area contributed by atoms with Gasteiger partial charge in [-0.3, -0.25) is 10.1 Å². The van der Waals surface area contributed by atoms with Gasteiger partial charge in [0, 0.05) is 12.6 Å². The largest absolute Gasteiger partial charge is 0.325 e. The van der Waals surface area contributed by atoms with E-state index in [1.54, 1.807) is 0 Å². The fraction of sp³-hybridized carbons (Fsp3) is 0.929. The lowest BCUT2D eigenvalue weighted by molar-refractivity contribution is -0.131. The predicted molar refractivity (Wildman–Crippen MR) is 73.3 cm³/mol. The Morgan fingerprint density at radius 3 is 2.78 bits per heavy atom. The van der Waals surface area contributed by atoms with Crippen molar-refractivity contribution in [1.82, 2.24) is 15.1 Å². The Balaban J connectivity index is 1.79. The minimum atomic E-state index is 0.0750. The van der Waals surface area contributed by atoms with Gasteiger partial charge >= 0.3 is 0 Å². The lowest BCUT2D eigenvalue weighted by atomic mass is 10.1. The van der Waals surface area contributed by atoms with E-state index in [0.717, 1.165) is 32.5 Å². The average molecular weight is 253 g/mol. The number of carbonyl (C=O) groups is 1. The number of hydrogen-bond donors (Lipinski definition) is 1. The maximum absolute atomic E-state index is 12.3. The van der Waals surface area contributed by atoms with Crippen LogP contribution in [0, 0.1) is 0 Å². The second-order valence-corrected chi connectivity index (χ2v) is 5.72. The summed E-state index contributed by atoms with van der Waals surface area (Å²) < 4.78 is 0. The van der Waals surface area contributed by atoms with E-state index in [1.165, 1.54) is 25.9 Å². The van der Waals surface area contributed by atoms with Crippen molar-refractivity contribution >= 4 is 5.91 Å². The third-order valence-electron chi connectivity index (χ3n) is 4.19. The smallest absolute Gasteiger partial charge is 0.241 e. The molecule has 18 heavy (non-hydrogen) atoms. The number of nitrogens with one attached hydrogen (secondary N) is 1. The van der Waals surface area contributed by atoms with Gasteiger partial charge in [-0.1, -0.05) is 19.8 Å². The van der Waals surface area contributed by atoms with Crippen LogP contribution in [0.2, 0.25) is 0 Å². The molecule has 0 aliphatic carbocycles. The zero-order valence-electron chi connectivity index (χ0n) is 11.8. The monoisotopic (exact) mass is 253 g/mol. The van der Waals surface area contributed by atoms with E-state index in [2.05, 4.69) is 24.1 Å². The van der Waals surface area contributed by atoms with Gasteiger partial charge in [-0.2, -0.15) is 0 Å². The molecule has 2 saturated heterocycles. The van der Waals surface area contributed by atoms with Crippen LogP contribution in [0.4, 0.5) is 0 Å². The van der Waals surface area contributed by atoms with Gasteiger partial charge in [0.2, 0.25) is 5.91 Å². The van der Waals surface area contributed by atoms with Gasteiger partial charge in [-0.25, -0.2) is 0 Å². The molecule has 4 nitrogen and oxygen atoms in total. The lowest BCUT2D eigenvalue weighted by Crippen LogP contribution is -2.43. The second-order valence-electron chi connectivity index (χ2n) is 5.72. The molecule has 2 rings (SSSR count). The summed E-state index contributed by atoms with van der Waals surface area (Å²) in [5.41, 5.74) is 0. The Morgan fingerprint density at radius 2 is 2.11 bits per heavy atom. The molecule has 0 saturated carbocycles. The molecule has 2 heterocycles. The van der Waals surface area contributed by atoms with Crippen LogP contribution in [0.25, 0.3) is 0 Å². The zero-order valence-corrected chi connectivity index (χ0v) is 11.8. The van der Waals surface area contributed by atoms with Crippen LogP contribution in [0.5, 0.6) is 0 Å². The van der Waals surface area contributed by atoms with Crippen molar-refractivity contribution in [3.63, 3.8) is 0 Å². The first-order valence-corrected chi connectivity index (χ1v) is 7.48. The maximum Gasteiger partial charge on any atom is 0.241 e. The Kier molecular flexibility index (Phi) is 5.01. The van der Waals surface area contributed by atoms with Gasteiger partial charge in [-0.05, 0) is 39.3 Å². The fourth-order valence-corrected chi connectivity index (χ4v) is 3.02. The molecular formula is C14H27N3O. The molecule has 4 heteroatoms. The first kappa shape index (κ1) is 13.8. The number of hydrogen-bond acceptors (Lipinski definition) is 3. The minimum absolute atomic E-state index is 0.0750. The molecule has 0 aromatic rings. The summed E-state index contributed by atoms with van der Waals surface area (Å²) in [5.74, 6) is 0.315. The summed E-state index contributed by atoms with van der Waals surface area (Å²) in [6, 6.07) is 0.417. The average Bonchev–Trinajstić information content (AvgIpc) is 2.97. The molecule has 2 atom stereocenters. The van der Waals surface area contributed by atoms with Gasteiger partial charge in [0.25, 0.3) is 0 Å². The van der Waals surface area contributed by atoms with Crippen molar-refractivity contribution in [2.75, 3.05) is 26.3 Å². The van der Waals surface area contributed by atoms with Gasteiger partial charge in [-0.15, -0.1) is 0 Å². The molecule has 2 unspecified atom stereocenters. The molecule has 2 aliphatic rings. The Labute approximate surface area is 111 Å². The van der Waals surface area contributed by atoms with Crippen LogP contribution in [0.15, 0.2) is 0 Å². The molecule has 0 aromatic carbocycles. The van der Waals surface area contributed by atoms with E-state index in [1.807, 2.05) is 4.90 Å². The van der Waals surface area contributed by atoms with Crippen LogP contribution in [-0.2, 0) is 4.79 Å². The summed E-state index contributed by atoms with van der Waals surface area (Å²) in [6.45, 7) is 8.54. The van der Waals surface area contributed by atoms with Crippen molar-refractivity contribution in [1.29, 1.82) is 0 Å². The Bertz CT molecular complexity index is 276. The number of carbonyl (C=O) groups excluding carboxylic acids is 1. The first-order valence-electron chi connectivity index (χ1n) is 7.48. The van der Waals surface area contributed by atoms with Gasteiger partial charge in [0.1, 0.15) is 0 Å². The number of likely N-dealkylation sites (tertiary alicyclic amines) is 1. The van der Waals surface area contributed by atoms with E-state index < -0.39 is 0 Å². The van der Waals surface area contributed by atoms with E-state index in [4.69, 9.17) is 0 Å². The van der Waals surface area contributed by atoms with Crippen molar-refractivity contribution < 1.29 is 4.79 Å². The Hall–Kier alpha value is -0.610. The van der Waals surface area contributed by atoms with E-state index in [0.29, 0.717) is 11.9 Å². The quantitative estimate of drug-likeness (QED) is 0.777. The molecule has 2 aliphatic heterocycles. The molecule has 0 bridgehead atoms. The van der Waals surface area contributed by atoms with E-state index >= 15 is 0 Å². The van der Waals surface area contributed by atoms with Crippen LogP contribution < -0.4 is 5.32 Å². The number of rotatable bonds is 6. The lowest BCUT2D eigenvalue weighted by Gasteiger charge is -2.28. The Morgan fingerprint density at radius 1 is 1.39 bits per heavy atom. The van der Waals surface area contributed by atoms with Crippen LogP contribution in [-0.4, -0.2) is 54.1 Å². The van der Waals surface area contributed by atoms with Gasteiger partial charge < -0.3 is 9.80 Å². The summed E-state index contributed by atoms with van der Waals surface area (Å²) in [4.78, 5) is 16.8. The van der Waals surface area contributed by atoms with Crippen LogP contribution in [0.3, 0.4) is 0 Å². The molecule has 1 N–H and O–H groups in total. The highest BCUT2D eigenvalue weighted by molar-refractivity contribution is 5.84. The normalized spacial score (nSPS) is 27.1. The topological polar surface area (TPSA) is 35.6 Å². The highest BCUT2D eigenvalue weighted by Gasteiger charge is 2.33. The maximum atomic E-state index is 12.3. The first-order chi connectivity index (χ1) is 8.72. The molecule has 2 fully saturated rings. The summed E-state index contributed by atoms with van der Waals surface area (Å²) in [6.07, 6.45) is 5.92. The number of unbranched alkanes of at least 4 members (excludes halogenated alkanes) is 1. The van der Waals surface area contributed by atoms with Gasteiger partial charge in [0.15, 0.2) is 0 Å². The third-order valence-corrected chi connectivity index (χ3v) is 4.19. The summed E-state index contributed by atoms with van der Waals surface area (Å²) in [5, 5.41) is 3.35. The van der Waals surface area contributed by atoms with E-state index in [9.17, 15) is 4.79 Å². The molecule has 0 spiro atoms. The van der Waals surface area contributed by atoms with Crippen LogP contribution in [0.1, 0.15) is 46.0 Å². The molecule has 104 valence electrons. The summed E-state index contributed by atoms with van der Waals surface area (Å²) in [7, 11) is 0. The van der Waals surface area contributed by atoms with Crippen molar-refractivity contribution in [3.8, 4) is 0 Å². The van der Waals surface area contributed by atoms with Crippen molar-refractivity contribution in [2.45, 2.75) is 58.0 Å². The zero-order chi connectivity index (χ0) is 13.0. The number of amides is 1. The van der Waals surface area contributed by atoms with Crippen molar-refractivity contribution in [2.24, 2.45) is 0 Å². The highest BCUT2D eigenvalue weighted by atomic mass is 16.2. The fourth-order valence-electron chi connectivity index (χ4n) is 3.02. The standard InChI is InChI=1S/C14H27N3O/c1-3-4-7-13-14(18)17(11-15-13)12(2)10-16-8-5-6-9-16/h12-13,15H,3-11H2,1-2H3. The third kappa shape index (κ3) is 3.23. The van der Waals surface area contributed by atoms with Crippen LogP contribution >= 0.6 is 0 Å². The molecule has 1 amide bonds. The molecular weight excluding hydrogens is 226 g/mol.